The van der Waals surface area contributed by atoms with Gasteiger partial charge in [-0.1, -0.05) is 36.2 Å². The summed E-state index contributed by atoms with van der Waals surface area (Å²) in [6.07, 6.45) is 3.39. The van der Waals surface area contributed by atoms with Crippen molar-refractivity contribution in [1.82, 2.24) is 9.88 Å². The number of para-hydroxylation sites is 1. The van der Waals surface area contributed by atoms with E-state index in [4.69, 9.17) is 4.98 Å². The van der Waals surface area contributed by atoms with Crippen LogP contribution >= 0.6 is 11.3 Å². The summed E-state index contributed by atoms with van der Waals surface area (Å²) in [6.45, 7) is 7.55. The molecule has 3 aromatic rings. The standard InChI is InChI=1S/C23H27N3OS/c1-15-12-16(2)22(17(3)13-15)25-21(27)14-26-11-7-6-9-19(26)23-24-18-8-4-5-10-20(18)28-23/h4-5,8,10,12-13,19H,6-7,9,11,14H2,1-3H3,(H,25,27)/t19-/m1/s1. The Hall–Kier alpha value is -2.24. The van der Waals surface area contributed by atoms with Crippen molar-refractivity contribution in [1.29, 1.82) is 0 Å². The third-order valence-electron chi connectivity index (χ3n) is 5.50. The van der Waals surface area contributed by atoms with Gasteiger partial charge in [-0.25, -0.2) is 4.98 Å². The fourth-order valence-electron chi connectivity index (χ4n) is 4.23. The van der Waals surface area contributed by atoms with E-state index in [-0.39, 0.29) is 11.9 Å². The first kappa shape index (κ1) is 19.1. The summed E-state index contributed by atoms with van der Waals surface area (Å²) in [4.78, 5) is 20.0. The van der Waals surface area contributed by atoms with E-state index in [0.29, 0.717) is 6.54 Å². The predicted molar refractivity (Wildman–Crippen MR) is 117 cm³/mol. The molecule has 1 atom stereocenters. The molecule has 1 fully saturated rings. The number of rotatable bonds is 4. The number of benzene rings is 2. The van der Waals surface area contributed by atoms with E-state index in [1.807, 2.05) is 6.07 Å². The number of nitrogens with one attached hydrogen (secondary N) is 1. The zero-order valence-corrected chi connectivity index (χ0v) is 17.6. The summed E-state index contributed by atoms with van der Waals surface area (Å²) in [7, 11) is 0. The molecule has 2 heterocycles. The van der Waals surface area contributed by atoms with Crippen molar-refractivity contribution >= 4 is 33.1 Å². The zero-order valence-electron chi connectivity index (χ0n) is 16.8. The summed E-state index contributed by atoms with van der Waals surface area (Å²) in [5, 5.41) is 4.29. The van der Waals surface area contributed by atoms with Gasteiger partial charge >= 0.3 is 0 Å². The molecule has 28 heavy (non-hydrogen) atoms. The topological polar surface area (TPSA) is 45.2 Å². The Morgan fingerprint density at radius 2 is 1.93 bits per heavy atom. The first-order valence-electron chi connectivity index (χ1n) is 9.98. The van der Waals surface area contributed by atoms with Crippen molar-refractivity contribution < 1.29 is 4.79 Å². The van der Waals surface area contributed by atoms with Crippen LogP contribution in [-0.4, -0.2) is 28.9 Å². The number of aromatic nitrogens is 1. The molecule has 2 aromatic carbocycles. The van der Waals surface area contributed by atoms with Gasteiger partial charge in [0.15, 0.2) is 0 Å². The molecule has 0 bridgehead atoms. The Morgan fingerprint density at radius 3 is 2.68 bits per heavy atom. The molecule has 0 radical (unpaired) electrons. The molecule has 1 aliphatic heterocycles. The number of aryl methyl sites for hydroxylation is 3. The second-order valence-electron chi connectivity index (χ2n) is 7.82. The van der Waals surface area contributed by atoms with E-state index in [1.165, 1.54) is 16.7 Å². The molecule has 0 saturated carbocycles. The summed E-state index contributed by atoms with van der Waals surface area (Å²) < 4.78 is 1.22. The van der Waals surface area contributed by atoms with Gasteiger partial charge in [-0.05, 0) is 63.4 Å². The zero-order chi connectivity index (χ0) is 19.7. The van der Waals surface area contributed by atoms with Gasteiger partial charge in [-0.3, -0.25) is 9.69 Å². The molecule has 1 aromatic heterocycles. The van der Waals surface area contributed by atoms with Crippen LogP contribution < -0.4 is 5.32 Å². The molecule has 5 heteroatoms. The maximum Gasteiger partial charge on any atom is 0.238 e. The van der Waals surface area contributed by atoms with Gasteiger partial charge in [0.2, 0.25) is 5.91 Å². The molecular weight excluding hydrogens is 366 g/mol. The van der Waals surface area contributed by atoms with Crippen molar-refractivity contribution in [2.24, 2.45) is 0 Å². The van der Waals surface area contributed by atoms with Gasteiger partial charge in [0.25, 0.3) is 0 Å². The van der Waals surface area contributed by atoms with Crippen molar-refractivity contribution in [3.05, 3.63) is 58.1 Å². The summed E-state index contributed by atoms with van der Waals surface area (Å²) in [5.41, 5.74) is 5.46. The molecule has 4 rings (SSSR count). The van der Waals surface area contributed by atoms with Crippen LogP contribution in [0, 0.1) is 20.8 Å². The van der Waals surface area contributed by atoms with Crippen LogP contribution in [0.2, 0.25) is 0 Å². The van der Waals surface area contributed by atoms with Gasteiger partial charge in [0.05, 0.1) is 22.8 Å². The Balaban J connectivity index is 1.51. The van der Waals surface area contributed by atoms with Gasteiger partial charge in [0, 0.05) is 5.69 Å². The Labute approximate surface area is 170 Å². The molecule has 1 N–H and O–H groups in total. The molecule has 0 aliphatic carbocycles. The molecule has 0 spiro atoms. The number of carbonyl (C=O) groups excluding carboxylic acids is 1. The number of likely N-dealkylation sites (tertiary alicyclic amines) is 1. The van der Waals surface area contributed by atoms with Gasteiger partial charge in [0.1, 0.15) is 5.01 Å². The van der Waals surface area contributed by atoms with E-state index in [9.17, 15) is 4.79 Å². The minimum absolute atomic E-state index is 0.0584. The second-order valence-corrected chi connectivity index (χ2v) is 8.89. The number of nitrogens with zero attached hydrogens (tertiary/aromatic N) is 2. The first-order valence-corrected chi connectivity index (χ1v) is 10.8. The van der Waals surface area contributed by atoms with Crippen LogP contribution in [0.25, 0.3) is 10.2 Å². The van der Waals surface area contributed by atoms with E-state index in [2.05, 4.69) is 61.3 Å². The van der Waals surface area contributed by atoms with Crippen LogP contribution in [0.15, 0.2) is 36.4 Å². The fourth-order valence-corrected chi connectivity index (χ4v) is 5.37. The van der Waals surface area contributed by atoms with Crippen molar-refractivity contribution in [2.75, 3.05) is 18.4 Å². The van der Waals surface area contributed by atoms with E-state index >= 15 is 0 Å². The second kappa shape index (κ2) is 8.02. The summed E-state index contributed by atoms with van der Waals surface area (Å²) in [6, 6.07) is 12.8. The molecule has 146 valence electrons. The number of hydrogen-bond donors (Lipinski definition) is 1. The Morgan fingerprint density at radius 1 is 1.18 bits per heavy atom. The quantitative estimate of drug-likeness (QED) is 0.647. The van der Waals surface area contributed by atoms with E-state index in [0.717, 1.165) is 46.7 Å². The maximum absolute atomic E-state index is 12.8. The lowest BCUT2D eigenvalue weighted by Crippen LogP contribution is -2.39. The molecule has 1 amide bonds. The van der Waals surface area contributed by atoms with E-state index in [1.54, 1.807) is 11.3 Å². The van der Waals surface area contributed by atoms with Gasteiger partial charge < -0.3 is 5.32 Å². The SMILES string of the molecule is Cc1cc(C)c(NC(=O)CN2CCCC[C@@H]2c2nc3ccccc3s2)c(C)c1. The number of hydrogen-bond acceptors (Lipinski definition) is 4. The highest BCUT2D eigenvalue weighted by Crippen LogP contribution is 2.35. The van der Waals surface area contributed by atoms with Crippen molar-refractivity contribution in [3.63, 3.8) is 0 Å². The lowest BCUT2D eigenvalue weighted by atomic mass is 10.0. The molecule has 4 nitrogen and oxygen atoms in total. The third kappa shape index (κ3) is 3.96. The Kier molecular flexibility index (Phi) is 5.47. The lowest BCUT2D eigenvalue weighted by molar-refractivity contribution is -0.118. The van der Waals surface area contributed by atoms with Gasteiger partial charge in [-0.15, -0.1) is 11.3 Å². The monoisotopic (exact) mass is 393 g/mol. The first-order chi connectivity index (χ1) is 13.5. The van der Waals surface area contributed by atoms with Crippen LogP contribution in [0.4, 0.5) is 5.69 Å². The number of piperidine rings is 1. The van der Waals surface area contributed by atoms with Gasteiger partial charge in [-0.2, -0.15) is 0 Å². The fraction of sp³-hybridized carbons (Fsp3) is 0.391. The minimum Gasteiger partial charge on any atom is -0.324 e. The minimum atomic E-state index is 0.0584. The molecular formula is C23H27N3OS. The molecule has 1 aliphatic rings. The average molecular weight is 394 g/mol. The number of fused-ring (bicyclic) bond motifs is 1. The predicted octanol–water partition coefficient (Wildman–Crippen LogP) is 5.39. The number of anilines is 1. The van der Waals surface area contributed by atoms with Crippen LogP contribution in [0.3, 0.4) is 0 Å². The maximum atomic E-state index is 12.8. The average Bonchev–Trinajstić information content (AvgIpc) is 3.09. The summed E-state index contributed by atoms with van der Waals surface area (Å²) >= 11 is 1.76. The number of thiazole rings is 1. The highest BCUT2D eigenvalue weighted by Gasteiger charge is 2.28. The molecule has 0 unspecified atom stereocenters. The number of carbonyl (C=O) groups is 1. The smallest absolute Gasteiger partial charge is 0.238 e. The lowest BCUT2D eigenvalue weighted by Gasteiger charge is -2.33. The number of amides is 1. The normalized spacial score (nSPS) is 17.8. The van der Waals surface area contributed by atoms with Crippen molar-refractivity contribution in [2.45, 2.75) is 46.1 Å². The highest BCUT2D eigenvalue weighted by atomic mass is 32.1. The van der Waals surface area contributed by atoms with Crippen LogP contribution in [-0.2, 0) is 4.79 Å². The van der Waals surface area contributed by atoms with Crippen molar-refractivity contribution in [3.8, 4) is 0 Å². The highest BCUT2D eigenvalue weighted by molar-refractivity contribution is 7.18. The largest absolute Gasteiger partial charge is 0.324 e. The van der Waals surface area contributed by atoms with E-state index < -0.39 is 0 Å². The van der Waals surface area contributed by atoms with Crippen LogP contribution in [0.1, 0.15) is 47.0 Å². The molecule has 1 saturated heterocycles. The Bertz CT molecular complexity index is 954. The van der Waals surface area contributed by atoms with Crippen LogP contribution in [0.5, 0.6) is 0 Å². The third-order valence-corrected chi connectivity index (χ3v) is 6.63. The summed E-state index contributed by atoms with van der Waals surface area (Å²) in [5.74, 6) is 0.0584.